The van der Waals surface area contributed by atoms with E-state index >= 15 is 0 Å². The Labute approximate surface area is 67.0 Å². The highest BCUT2D eigenvalue weighted by atomic mass is 79.9. The summed E-state index contributed by atoms with van der Waals surface area (Å²) in [7, 11) is 0. The third-order valence-electron chi connectivity index (χ3n) is 1.15. The zero-order chi connectivity index (χ0) is 7.56. The van der Waals surface area contributed by atoms with Crippen molar-refractivity contribution in [1.82, 2.24) is 0 Å². The van der Waals surface area contributed by atoms with Crippen molar-refractivity contribution in [2.45, 2.75) is 6.04 Å². The summed E-state index contributed by atoms with van der Waals surface area (Å²) in [5.41, 5.74) is 5.44. The van der Waals surface area contributed by atoms with E-state index in [0.29, 0.717) is 5.76 Å². The first-order valence-electron chi connectivity index (χ1n) is 2.84. The van der Waals surface area contributed by atoms with Crippen LogP contribution in [0.3, 0.4) is 0 Å². The van der Waals surface area contributed by atoms with Gasteiger partial charge in [-0.3, -0.25) is 0 Å². The van der Waals surface area contributed by atoms with Gasteiger partial charge in [0.15, 0.2) is 0 Å². The molecule has 1 aromatic heterocycles. The van der Waals surface area contributed by atoms with Crippen molar-refractivity contribution in [3.8, 4) is 0 Å². The zero-order valence-electron chi connectivity index (χ0n) is 5.25. The maximum Gasteiger partial charge on any atom is 0.123 e. The summed E-state index contributed by atoms with van der Waals surface area (Å²) in [4.78, 5) is 0. The van der Waals surface area contributed by atoms with Crippen molar-refractivity contribution in [2.24, 2.45) is 5.73 Å². The molecule has 0 saturated carbocycles. The molecule has 0 aliphatic carbocycles. The molecule has 0 spiro atoms. The summed E-state index contributed by atoms with van der Waals surface area (Å²) in [6.45, 7) is -0.0973. The molecule has 1 heterocycles. The van der Waals surface area contributed by atoms with Crippen LogP contribution in [0.1, 0.15) is 11.8 Å². The molecular weight excluding hydrogens is 198 g/mol. The van der Waals surface area contributed by atoms with E-state index in [1.54, 1.807) is 6.07 Å². The van der Waals surface area contributed by atoms with Gasteiger partial charge in [-0.15, -0.1) is 0 Å². The number of hydrogen-bond acceptors (Lipinski definition) is 3. The molecule has 0 saturated heterocycles. The molecule has 10 heavy (non-hydrogen) atoms. The third-order valence-corrected chi connectivity index (χ3v) is 1.57. The topological polar surface area (TPSA) is 59.4 Å². The quantitative estimate of drug-likeness (QED) is 0.759. The normalized spacial score (nSPS) is 13.5. The van der Waals surface area contributed by atoms with Gasteiger partial charge in [-0.2, -0.15) is 0 Å². The van der Waals surface area contributed by atoms with Crippen LogP contribution in [-0.2, 0) is 0 Å². The van der Waals surface area contributed by atoms with Gasteiger partial charge in [0, 0.05) is 0 Å². The Morgan fingerprint density at radius 3 is 2.90 bits per heavy atom. The second kappa shape index (κ2) is 3.18. The average Bonchev–Trinajstić information content (AvgIpc) is 2.34. The molecule has 4 heteroatoms. The molecule has 0 fully saturated rings. The van der Waals surface area contributed by atoms with E-state index < -0.39 is 6.04 Å². The summed E-state index contributed by atoms with van der Waals surface area (Å²) in [6.07, 6.45) is 1.53. The highest BCUT2D eigenvalue weighted by Gasteiger charge is 2.07. The SMILES string of the molecule is NC(CO)c1cc(Br)co1. The highest BCUT2D eigenvalue weighted by molar-refractivity contribution is 9.10. The van der Waals surface area contributed by atoms with Crippen LogP contribution >= 0.6 is 15.9 Å². The number of aliphatic hydroxyl groups excluding tert-OH is 1. The van der Waals surface area contributed by atoms with E-state index in [0.717, 1.165) is 4.47 Å². The minimum atomic E-state index is -0.411. The summed E-state index contributed by atoms with van der Waals surface area (Å²) in [5.74, 6) is 0.592. The minimum Gasteiger partial charge on any atom is -0.466 e. The van der Waals surface area contributed by atoms with Crippen molar-refractivity contribution in [3.63, 3.8) is 0 Å². The van der Waals surface area contributed by atoms with Crippen LogP contribution in [0, 0.1) is 0 Å². The Morgan fingerprint density at radius 2 is 2.50 bits per heavy atom. The van der Waals surface area contributed by atoms with Crippen LogP contribution in [0.15, 0.2) is 21.2 Å². The van der Waals surface area contributed by atoms with Crippen molar-refractivity contribution < 1.29 is 9.52 Å². The van der Waals surface area contributed by atoms with Gasteiger partial charge in [0.05, 0.1) is 17.1 Å². The number of rotatable bonds is 2. The van der Waals surface area contributed by atoms with Crippen LogP contribution < -0.4 is 5.73 Å². The van der Waals surface area contributed by atoms with Crippen molar-refractivity contribution in [2.75, 3.05) is 6.61 Å². The fraction of sp³-hybridized carbons (Fsp3) is 0.333. The second-order valence-electron chi connectivity index (χ2n) is 1.96. The van der Waals surface area contributed by atoms with E-state index in [1.807, 2.05) is 0 Å². The standard InChI is InChI=1S/C6H8BrNO2/c7-4-1-6(10-3-4)5(8)2-9/h1,3,5,9H,2,8H2. The molecule has 0 aliphatic heterocycles. The minimum absolute atomic E-state index is 0.0973. The first kappa shape index (κ1) is 7.78. The molecule has 1 atom stereocenters. The molecule has 56 valence electrons. The van der Waals surface area contributed by atoms with E-state index in [9.17, 15) is 0 Å². The number of nitrogens with two attached hydrogens (primary N) is 1. The summed E-state index contributed by atoms with van der Waals surface area (Å²) in [6, 6.07) is 1.33. The van der Waals surface area contributed by atoms with Gasteiger partial charge in [0.25, 0.3) is 0 Å². The molecule has 0 radical (unpaired) electrons. The number of furan rings is 1. The number of aliphatic hydroxyl groups is 1. The molecule has 0 bridgehead atoms. The fourth-order valence-corrected chi connectivity index (χ4v) is 0.932. The summed E-state index contributed by atoms with van der Waals surface area (Å²) >= 11 is 3.20. The van der Waals surface area contributed by atoms with E-state index in [2.05, 4.69) is 15.9 Å². The molecule has 3 N–H and O–H groups in total. The maximum atomic E-state index is 8.60. The summed E-state index contributed by atoms with van der Waals surface area (Å²) < 4.78 is 5.82. The lowest BCUT2D eigenvalue weighted by atomic mass is 10.2. The van der Waals surface area contributed by atoms with E-state index in [-0.39, 0.29) is 6.61 Å². The zero-order valence-corrected chi connectivity index (χ0v) is 6.84. The van der Waals surface area contributed by atoms with Crippen molar-refractivity contribution >= 4 is 15.9 Å². The molecule has 3 nitrogen and oxygen atoms in total. The Bertz CT molecular complexity index is 211. The van der Waals surface area contributed by atoms with Gasteiger partial charge in [0.2, 0.25) is 0 Å². The summed E-state index contributed by atoms with van der Waals surface area (Å²) in [5, 5.41) is 8.60. The van der Waals surface area contributed by atoms with E-state index in [4.69, 9.17) is 15.3 Å². The predicted molar refractivity (Wildman–Crippen MR) is 40.4 cm³/mol. The van der Waals surface area contributed by atoms with Crippen LogP contribution in [0.25, 0.3) is 0 Å². The average molecular weight is 206 g/mol. The van der Waals surface area contributed by atoms with Crippen LogP contribution in [0.4, 0.5) is 0 Å². The van der Waals surface area contributed by atoms with Gasteiger partial charge in [-0.05, 0) is 22.0 Å². The molecule has 0 amide bonds. The maximum absolute atomic E-state index is 8.60. The lowest BCUT2D eigenvalue weighted by Gasteiger charge is -2.01. The monoisotopic (exact) mass is 205 g/mol. The van der Waals surface area contributed by atoms with Gasteiger partial charge in [-0.25, -0.2) is 0 Å². The van der Waals surface area contributed by atoms with Gasteiger partial charge < -0.3 is 15.3 Å². The Hall–Kier alpha value is -0.320. The van der Waals surface area contributed by atoms with E-state index in [1.165, 1.54) is 6.26 Å². The van der Waals surface area contributed by atoms with Crippen molar-refractivity contribution in [3.05, 3.63) is 22.6 Å². The Balaban J connectivity index is 2.74. The smallest absolute Gasteiger partial charge is 0.123 e. The Morgan fingerprint density at radius 1 is 1.80 bits per heavy atom. The first-order chi connectivity index (χ1) is 4.74. The van der Waals surface area contributed by atoms with Crippen LogP contribution in [-0.4, -0.2) is 11.7 Å². The predicted octanol–water partition coefficient (Wildman–Crippen LogP) is 1.03. The largest absolute Gasteiger partial charge is 0.466 e. The fourth-order valence-electron chi connectivity index (χ4n) is 0.613. The number of halogens is 1. The number of hydrogen-bond donors (Lipinski definition) is 2. The molecular formula is C6H8BrNO2. The second-order valence-corrected chi connectivity index (χ2v) is 2.87. The molecule has 1 aromatic rings. The van der Waals surface area contributed by atoms with Gasteiger partial charge in [-0.1, -0.05) is 0 Å². The Kier molecular flexibility index (Phi) is 2.48. The molecule has 1 unspecified atom stereocenters. The van der Waals surface area contributed by atoms with Crippen LogP contribution in [0.2, 0.25) is 0 Å². The molecule has 0 aliphatic rings. The first-order valence-corrected chi connectivity index (χ1v) is 3.63. The highest BCUT2D eigenvalue weighted by Crippen LogP contribution is 2.18. The lowest BCUT2D eigenvalue weighted by molar-refractivity contribution is 0.252. The third kappa shape index (κ3) is 1.59. The van der Waals surface area contributed by atoms with Gasteiger partial charge in [0.1, 0.15) is 12.0 Å². The molecule has 0 aromatic carbocycles. The van der Waals surface area contributed by atoms with Gasteiger partial charge >= 0.3 is 0 Å². The lowest BCUT2D eigenvalue weighted by Crippen LogP contribution is -2.13. The van der Waals surface area contributed by atoms with Crippen molar-refractivity contribution in [1.29, 1.82) is 0 Å². The van der Waals surface area contributed by atoms with Crippen LogP contribution in [0.5, 0.6) is 0 Å². The molecule has 1 rings (SSSR count).